The van der Waals surface area contributed by atoms with Gasteiger partial charge in [-0.15, -0.1) is 0 Å². The van der Waals surface area contributed by atoms with Gasteiger partial charge < -0.3 is 9.88 Å². The van der Waals surface area contributed by atoms with Crippen LogP contribution in [0.25, 0.3) is 11.3 Å². The number of benzene rings is 1. The molecule has 0 saturated heterocycles. The molecule has 2 aromatic heterocycles. The van der Waals surface area contributed by atoms with Crippen LogP contribution < -0.4 is 5.32 Å². The van der Waals surface area contributed by atoms with E-state index in [4.69, 9.17) is 0 Å². The summed E-state index contributed by atoms with van der Waals surface area (Å²) in [5, 5.41) is 9.78. The van der Waals surface area contributed by atoms with Crippen LogP contribution in [0.15, 0.2) is 54.9 Å². The summed E-state index contributed by atoms with van der Waals surface area (Å²) < 4.78 is 1.91. The molecular weight excluding hydrogens is 264 g/mol. The fourth-order valence-corrected chi connectivity index (χ4v) is 2.27. The van der Waals surface area contributed by atoms with Crippen molar-refractivity contribution in [3.05, 3.63) is 60.6 Å². The number of anilines is 1. The first-order valence-electron chi connectivity index (χ1n) is 6.84. The summed E-state index contributed by atoms with van der Waals surface area (Å²) in [6.45, 7) is 2.78. The van der Waals surface area contributed by atoms with E-state index in [9.17, 15) is 4.79 Å². The van der Waals surface area contributed by atoms with E-state index in [1.54, 1.807) is 6.20 Å². The Kier molecular flexibility index (Phi) is 3.55. The molecule has 0 saturated carbocycles. The van der Waals surface area contributed by atoms with Crippen molar-refractivity contribution in [3.63, 3.8) is 0 Å². The van der Waals surface area contributed by atoms with Crippen LogP contribution in [0.3, 0.4) is 0 Å². The molecule has 21 heavy (non-hydrogen) atoms. The van der Waals surface area contributed by atoms with E-state index in [-0.39, 0.29) is 5.91 Å². The minimum atomic E-state index is -0.108. The Morgan fingerprint density at radius 2 is 2.19 bits per heavy atom. The maximum absolute atomic E-state index is 12.3. The van der Waals surface area contributed by atoms with Crippen LogP contribution in [0.2, 0.25) is 0 Å². The van der Waals surface area contributed by atoms with Crippen molar-refractivity contribution in [2.24, 2.45) is 0 Å². The predicted molar refractivity (Wildman–Crippen MR) is 82.1 cm³/mol. The highest BCUT2D eigenvalue weighted by Crippen LogP contribution is 2.20. The van der Waals surface area contributed by atoms with Gasteiger partial charge in [-0.05, 0) is 37.3 Å². The molecule has 3 aromatic rings. The average molecular weight is 280 g/mol. The van der Waals surface area contributed by atoms with Crippen LogP contribution in [0.5, 0.6) is 0 Å². The third-order valence-electron chi connectivity index (χ3n) is 3.34. The highest BCUT2D eigenvalue weighted by atomic mass is 16.1. The lowest BCUT2D eigenvalue weighted by atomic mass is 10.1. The van der Waals surface area contributed by atoms with Crippen molar-refractivity contribution in [2.75, 3.05) is 5.32 Å². The second-order valence-corrected chi connectivity index (χ2v) is 4.68. The van der Waals surface area contributed by atoms with Crippen LogP contribution in [-0.4, -0.2) is 20.7 Å². The number of aromatic amines is 1. The average Bonchev–Trinajstić information content (AvgIpc) is 3.18. The fraction of sp³-hybridized carbons (Fsp3) is 0.125. The van der Waals surface area contributed by atoms with Gasteiger partial charge in [-0.25, -0.2) is 0 Å². The Bertz CT molecular complexity index is 743. The van der Waals surface area contributed by atoms with Crippen LogP contribution >= 0.6 is 0 Å². The SMILES string of the molecule is CCn1cccc1C(=O)Nc1cccc(-c2ccn[nH]2)c1. The molecule has 0 aliphatic carbocycles. The first-order valence-corrected chi connectivity index (χ1v) is 6.84. The Balaban J connectivity index is 1.82. The van der Waals surface area contributed by atoms with Gasteiger partial charge >= 0.3 is 0 Å². The molecule has 0 aliphatic heterocycles. The van der Waals surface area contributed by atoms with Crippen LogP contribution in [0.4, 0.5) is 5.69 Å². The molecule has 0 atom stereocenters. The fourth-order valence-electron chi connectivity index (χ4n) is 2.27. The lowest BCUT2D eigenvalue weighted by molar-refractivity contribution is 0.101. The molecular formula is C16H16N4O. The second-order valence-electron chi connectivity index (χ2n) is 4.68. The highest BCUT2D eigenvalue weighted by Gasteiger charge is 2.10. The maximum Gasteiger partial charge on any atom is 0.272 e. The van der Waals surface area contributed by atoms with Crippen LogP contribution in [0.1, 0.15) is 17.4 Å². The normalized spacial score (nSPS) is 10.5. The molecule has 1 amide bonds. The number of nitrogens with zero attached hydrogens (tertiary/aromatic N) is 2. The summed E-state index contributed by atoms with van der Waals surface area (Å²) >= 11 is 0. The topological polar surface area (TPSA) is 62.7 Å². The van der Waals surface area contributed by atoms with Gasteiger partial charge in [-0.1, -0.05) is 12.1 Å². The lowest BCUT2D eigenvalue weighted by Gasteiger charge is -2.09. The van der Waals surface area contributed by atoms with E-state index in [1.807, 2.05) is 60.2 Å². The van der Waals surface area contributed by atoms with Crippen molar-refractivity contribution >= 4 is 11.6 Å². The number of hydrogen-bond acceptors (Lipinski definition) is 2. The third-order valence-corrected chi connectivity index (χ3v) is 3.34. The first kappa shape index (κ1) is 13.2. The molecule has 5 nitrogen and oxygen atoms in total. The van der Waals surface area contributed by atoms with Crippen LogP contribution in [-0.2, 0) is 6.54 Å². The van der Waals surface area contributed by atoms with E-state index in [1.165, 1.54) is 0 Å². The molecule has 2 N–H and O–H groups in total. The number of hydrogen-bond donors (Lipinski definition) is 2. The van der Waals surface area contributed by atoms with E-state index in [0.29, 0.717) is 5.69 Å². The van der Waals surface area contributed by atoms with Gasteiger partial charge in [-0.2, -0.15) is 5.10 Å². The standard InChI is InChI=1S/C16H16N4O/c1-2-20-10-4-7-15(20)16(21)18-13-6-3-5-12(11-13)14-8-9-17-19-14/h3-11H,2H2,1H3,(H,17,19)(H,18,21). The number of H-pyrrole nitrogens is 1. The predicted octanol–water partition coefficient (Wildman–Crippen LogP) is 3.15. The molecule has 0 unspecified atom stereocenters. The maximum atomic E-state index is 12.3. The van der Waals surface area contributed by atoms with Gasteiger partial charge in [0.2, 0.25) is 0 Å². The molecule has 0 bridgehead atoms. The Morgan fingerprint density at radius 3 is 2.95 bits per heavy atom. The van der Waals surface area contributed by atoms with Gasteiger partial charge in [0.05, 0.1) is 5.69 Å². The van der Waals surface area contributed by atoms with Crippen LogP contribution in [0, 0.1) is 0 Å². The Hall–Kier alpha value is -2.82. The minimum absolute atomic E-state index is 0.108. The summed E-state index contributed by atoms with van der Waals surface area (Å²) in [7, 11) is 0. The van der Waals surface area contributed by atoms with Gasteiger partial charge in [-0.3, -0.25) is 9.89 Å². The molecule has 1 aromatic carbocycles. The quantitative estimate of drug-likeness (QED) is 0.771. The molecule has 0 spiro atoms. The molecule has 3 rings (SSSR count). The van der Waals surface area contributed by atoms with Gasteiger partial charge in [0, 0.05) is 30.2 Å². The smallest absolute Gasteiger partial charge is 0.272 e. The summed E-state index contributed by atoms with van der Waals surface area (Å²) in [5.41, 5.74) is 3.32. The van der Waals surface area contributed by atoms with Crippen molar-refractivity contribution in [1.29, 1.82) is 0 Å². The van der Waals surface area contributed by atoms with Crippen molar-refractivity contribution in [2.45, 2.75) is 13.5 Å². The Labute approximate surface area is 122 Å². The molecule has 106 valence electrons. The second kappa shape index (κ2) is 5.66. The summed E-state index contributed by atoms with van der Waals surface area (Å²) in [6.07, 6.45) is 3.60. The minimum Gasteiger partial charge on any atom is -0.344 e. The van der Waals surface area contributed by atoms with Gasteiger partial charge in [0.1, 0.15) is 5.69 Å². The molecule has 0 radical (unpaired) electrons. The largest absolute Gasteiger partial charge is 0.344 e. The zero-order valence-electron chi connectivity index (χ0n) is 11.7. The zero-order chi connectivity index (χ0) is 14.7. The first-order chi connectivity index (χ1) is 10.3. The molecule has 5 heteroatoms. The number of amides is 1. The van der Waals surface area contributed by atoms with Crippen molar-refractivity contribution in [3.8, 4) is 11.3 Å². The lowest BCUT2D eigenvalue weighted by Crippen LogP contribution is -2.16. The van der Waals surface area contributed by atoms with E-state index in [0.717, 1.165) is 23.5 Å². The van der Waals surface area contributed by atoms with Crippen molar-refractivity contribution < 1.29 is 4.79 Å². The number of nitrogens with one attached hydrogen (secondary N) is 2. The van der Waals surface area contributed by atoms with Crippen molar-refractivity contribution in [1.82, 2.24) is 14.8 Å². The number of carbonyl (C=O) groups is 1. The summed E-state index contributed by atoms with van der Waals surface area (Å²) in [5.74, 6) is -0.108. The number of rotatable bonds is 4. The third kappa shape index (κ3) is 2.72. The number of aromatic nitrogens is 3. The molecule has 2 heterocycles. The molecule has 0 fully saturated rings. The van der Waals surface area contributed by atoms with Gasteiger partial charge in [0.25, 0.3) is 5.91 Å². The highest BCUT2D eigenvalue weighted by molar-refractivity contribution is 6.03. The van der Waals surface area contributed by atoms with E-state index < -0.39 is 0 Å². The number of carbonyl (C=O) groups excluding carboxylic acids is 1. The summed E-state index contributed by atoms with van der Waals surface area (Å²) in [4.78, 5) is 12.3. The molecule has 0 aliphatic rings. The Morgan fingerprint density at radius 1 is 1.29 bits per heavy atom. The summed E-state index contributed by atoms with van der Waals surface area (Å²) in [6, 6.07) is 13.3. The van der Waals surface area contributed by atoms with E-state index in [2.05, 4.69) is 15.5 Å². The monoisotopic (exact) mass is 280 g/mol. The van der Waals surface area contributed by atoms with Gasteiger partial charge in [0.15, 0.2) is 0 Å². The van der Waals surface area contributed by atoms with E-state index >= 15 is 0 Å². The number of aryl methyl sites for hydroxylation is 1. The zero-order valence-corrected chi connectivity index (χ0v) is 11.7.